The van der Waals surface area contributed by atoms with E-state index in [1.54, 1.807) is 45.0 Å². The molecule has 208 valence electrons. The Morgan fingerprint density at radius 2 is 1.70 bits per heavy atom. The average Bonchev–Trinajstić information content (AvgIpc) is 2.94. The van der Waals surface area contributed by atoms with Gasteiger partial charge < -0.3 is 25.1 Å². The normalized spacial score (nSPS) is 11.7. The van der Waals surface area contributed by atoms with Gasteiger partial charge in [0.2, 0.25) is 0 Å². The number of hydrogen-bond acceptors (Lipinski definition) is 8. The van der Waals surface area contributed by atoms with Crippen molar-refractivity contribution in [1.29, 1.82) is 0 Å². The van der Waals surface area contributed by atoms with Gasteiger partial charge in [-0.05, 0) is 79.9 Å². The summed E-state index contributed by atoms with van der Waals surface area (Å²) in [7, 11) is 0. The fourth-order valence-electron chi connectivity index (χ4n) is 4.40. The molecule has 0 saturated carbocycles. The van der Waals surface area contributed by atoms with E-state index < -0.39 is 23.9 Å². The van der Waals surface area contributed by atoms with Gasteiger partial charge in [0.1, 0.15) is 11.9 Å². The second kappa shape index (κ2) is 12.9. The zero-order valence-corrected chi connectivity index (χ0v) is 22.7. The highest BCUT2D eigenvalue weighted by Gasteiger charge is 2.24. The third kappa shape index (κ3) is 6.82. The number of rotatable bonds is 11. The fourth-order valence-corrected chi connectivity index (χ4v) is 4.40. The Balaban J connectivity index is 1.42. The second-order valence-corrected chi connectivity index (χ2v) is 9.22. The van der Waals surface area contributed by atoms with Crippen molar-refractivity contribution in [3.63, 3.8) is 0 Å². The SMILES string of the molecule is CCOC(=O)CC[C@@H](NC(=O)c1ccc(NCc2ccc3ccc4nc(C)[nH]c(=O)c4c3c2)cc1)C(=O)OCC. The molecule has 10 nitrogen and oxygen atoms in total. The molecule has 0 fully saturated rings. The lowest BCUT2D eigenvalue weighted by atomic mass is 10.0. The van der Waals surface area contributed by atoms with E-state index in [0.29, 0.717) is 28.8 Å². The molecule has 3 N–H and O–H groups in total. The van der Waals surface area contributed by atoms with Gasteiger partial charge in [-0.2, -0.15) is 0 Å². The van der Waals surface area contributed by atoms with Crippen molar-refractivity contribution in [2.45, 2.75) is 46.2 Å². The zero-order chi connectivity index (χ0) is 28.6. The molecule has 10 heteroatoms. The number of ether oxygens (including phenoxy) is 2. The number of esters is 2. The van der Waals surface area contributed by atoms with Crippen molar-refractivity contribution in [1.82, 2.24) is 15.3 Å². The number of amides is 1. The van der Waals surface area contributed by atoms with E-state index in [9.17, 15) is 19.2 Å². The number of aromatic amines is 1. The quantitative estimate of drug-likeness (QED) is 0.190. The number of aryl methyl sites for hydroxylation is 1. The highest BCUT2D eigenvalue weighted by atomic mass is 16.5. The van der Waals surface area contributed by atoms with E-state index in [4.69, 9.17) is 9.47 Å². The van der Waals surface area contributed by atoms with Gasteiger partial charge in [0.05, 0.1) is 24.1 Å². The Morgan fingerprint density at radius 3 is 2.42 bits per heavy atom. The smallest absolute Gasteiger partial charge is 0.328 e. The predicted molar refractivity (Wildman–Crippen MR) is 152 cm³/mol. The molecule has 0 radical (unpaired) electrons. The maximum Gasteiger partial charge on any atom is 0.328 e. The molecule has 0 unspecified atom stereocenters. The lowest BCUT2D eigenvalue weighted by Crippen LogP contribution is -2.42. The van der Waals surface area contributed by atoms with Crippen LogP contribution in [0.4, 0.5) is 5.69 Å². The summed E-state index contributed by atoms with van der Waals surface area (Å²) >= 11 is 0. The average molecular weight is 545 g/mol. The molecule has 1 aromatic heterocycles. The largest absolute Gasteiger partial charge is 0.466 e. The van der Waals surface area contributed by atoms with Crippen molar-refractivity contribution in [3.05, 3.63) is 81.9 Å². The molecule has 0 bridgehead atoms. The number of carbonyl (C=O) groups is 3. The van der Waals surface area contributed by atoms with Gasteiger partial charge in [0, 0.05) is 24.2 Å². The maximum absolute atomic E-state index is 12.8. The van der Waals surface area contributed by atoms with Gasteiger partial charge in [0.15, 0.2) is 0 Å². The van der Waals surface area contributed by atoms with Gasteiger partial charge in [-0.15, -0.1) is 0 Å². The summed E-state index contributed by atoms with van der Waals surface area (Å²) < 4.78 is 9.96. The molecular weight excluding hydrogens is 512 g/mol. The van der Waals surface area contributed by atoms with Crippen LogP contribution in [0.5, 0.6) is 0 Å². The van der Waals surface area contributed by atoms with Gasteiger partial charge in [-0.25, -0.2) is 9.78 Å². The number of benzene rings is 3. The zero-order valence-electron chi connectivity index (χ0n) is 22.7. The van der Waals surface area contributed by atoms with Crippen LogP contribution >= 0.6 is 0 Å². The molecule has 0 spiro atoms. The van der Waals surface area contributed by atoms with Crippen LogP contribution in [0.25, 0.3) is 21.7 Å². The first-order valence-corrected chi connectivity index (χ1v) is 13.2. The van der Waals surface area contributed by atoms with Gasteiger partial charge in [-0.1, -0.05) is 18.2 Å². The topological polar surface area (TPSA) is 139 Å². The van der Waals surface area contributed by atoms with Crippen LogP contribution in [-0.4, -0.2) is 47.1 Å². The molecule has 0 aliphatic carbocycles. The lowest BCUT2D eigenvalue weighted by Gasteiger charge is -2.17. The number of carbonyl (C=O) groups excluding carboxylic acids is 3. The van der Waals surface area contributed by atoms with Crippen LogP contribution in [0.3, 0.4) is 0 Å². The number of anilines is 1. The third-order valence-electron chi connectivity index (χ3n) is 6.34. The lowest BCUT2D eigenvalue weighted by molar-refractivity contribution is -0.146. The van der Waals surface area contributed by atoms with E-state index in [1.807, 2.05) is 30.3 Å². The molecule has 0 aliphatic rings. The summed E-state index contributed by atoms with van der Waals surface area (Å²) in [5.41, 5.74) is 2.60. The highest BCUT2D eigenvalue weighted by Crippen LogP contribution is 2.23. The molecule has 1 atom stereocenters. The monoisotopic (exact) mass is 544 g/mol. The van der Waals surface area contributed by atoms with Crippen molar-refractivity contribution in [3.8, 4) is 0 Å². The summed E-state index contributed by atoms with van der Waals surface area (Å²) in [6.07, 6.45) is 0.0567. The number of nitrogens with zero attached hydrogens (tertiary/aromatic N) is 1. The van der Waals surface area contributed by atoms with Crippen LogP contribution in [-0.2, 0) is 25.6 Å². The van der Waals surface area contributed by atoms with Gasteiger partial charge in [-0.3, -0.25) is 14.4 Å². The van der Waals surface area contributed by atoms with E-state index in [1.165, 1.54) is 0 Å². The predicted octanol–water partition coefficient (Wildman–Crippen LogP) is 4.00. The van der Waals surface area contributed by atoms with Gasteiger partial charge >= 0.3 is 11.9 Å². The Morgan fingerprint density at radius 1 is 0.975 bits per heavy atom. The molecule has 1 amide bonds. The number of aromatic nitrogens is 2. The Kier molecular flexibility index (Phi) is 9.11. The number of nitrogens with one attached hydrogen (secondary N) is 3. The van der Waals surface area contributed by atoms with E-state index in [0.717, 1.165) is 22.0 Å². The molecule has 4 aromatic rings. The minimum atomic E-state index is -0.968. The van der Waals surface area contributed by atoms with Crippen molar-refractivity contribution in [2.24, 2.45) is 0 Å². The summed E-state index contributed by atoms with van der Waals surface area (Å²) in [5, 5.41) is 8.32. The number of H-pyrrole nitrogens is 1. The van der Waals surface area contributed by atoms with E-state index in [2.05, 4.69) is 20.6 Å². The fraction of sp³-hybridized carbons (Fsp3) is 0.300. The van der Waals surface area contributed by atoms with Crippen molar-refractivity contribution >= 4 is 45.2 Å². The molecule has 3 aromatic carbocycles. The van der Waals surface area contributed by atoms with Crippen LogP contribution in [0.1, 0.15) is 48.4 Å². The third-order valence-corrected chi connectivity index (χ3v) is 6.34. The second-order valence-electron chi connectivity index (χ2n) is 9.22. The summed E-state index contributed by atoms with van der Waals surface area (Å²) in [5.74, 6) is -0.932. The molecule has 1 heterocycles. The summed E-state index contributed by atoms with van der Waals surface area (Å²) in [6, 6.07) is 15.6. The van der Waals surface area contributed by atoms with Crippen LogP contribution in [0.15, 0.2) is 59.4 Å². The molecule has 40 heavy (non-hydrogen) atoms. The van der Waals surface area contributed by atoms with Crippen molar-refractivity contribution < 1.29 is 23.9 Å². The molecule has 0 aliphatic heterocycles. The van der Waals surface area contributed by atoms with Crippen LogP contribution in [0.2, 0.25) is 0 Å². The van der Waals surface area contributed by atoms with Crippen LogP contribution in [0, 0.1) is 6.92 Å². The first kappa shape index (κ1) is 28.3. The molecule has 4 rings (SSSR count). The Labute approximate surface area is 231 Å². The number of hydrogen-bond donors (Lipinski definition) is 3. The van der Waals surface area contributed by atoms with Gasteiger partial charge in [0.25, 0.3) is 11.5 Å². The first-order chi connectivity index (χ1) is 19.3. The standard InChI is InChI=1S/C30H32N4O6/c1-4-39-26(35)15-14-25(30(38)40-5-2)34-28(36)21-8-11-22(12-9-21)31-17-19-6-7-20-10-13-24-27(23(20)16-19)29(37)33-18(3)32-24/h6-13,16,25,31H,4-5,14-15,17H2,1-3H3,(H,34,36)(H,32,33,37)/t25-/m1/s1. The minimum absolute atomic E-state index is 0.0183. The summed E-state index contributed by atoms with van der Waals surface area (Å²) in [4.78, 5) is 56.7. The van der Waals surface area contributed by atoms with Crippen molar-refractivity contribution in [2.75, 3.05) is 18.5 Å². The Hall–Kier alpha value is -4.73. The van der Waals surface area contributed by atoms with E-state index in [-0.39, 0.29) is 31.6 Å². The highest BCUT2D eigenvalue weighted by molar-refractivity contribution is 6.05. The number of fused-ring (bicyclic) bond motifs is 3. The summed E-state index contributed by atoms with van der Waals surface area (Å²) in [6.45, 7) is 6.02. The molecule has 0 saturated heterocycles. The first-order valence-electron chi connectivity index (χ1n) is 13.2. The van der Waals surface area contributed by atoms with Crippen LogP contribution < -0.4 is 16.2 Å². The Bertz CT molecular complexity index is 1600. The molecular formula is C30H32N4O6. The maximum atomic E-state index is 12.8. The van der Waals surface area contributed by atoms with E-state index >= 15 is 0 Å². The minimum Gasteiger partial charge on any atom is -0.466 e.